The summed E-state index contributed by atoms with van der Waals surface area (Å²) in [5.74, 6) is -2.20. The van der Waals surface area contributed by atoms with Gasteiger partial charge in [-0.3, -0.25) is 19.6 Å². The zero-order chi connectivity index (χ0) is 48.0. The largest absolute Gasteiger partial charge is 0.462 e. The molecule has 67 heavy (non-hydrogen) atoms. The second-order valence-electron chi connectivity index (χ2n) is 20.4. The quantitative estimate of drug-likeness (QED) is 0.173. The standard InChI is InChI=1S/C50H69N9O7S/c1-10-57-39-16-15-33-26-35(39)36(43(57)34-14-11-21-51-41(34)32(4)65-9)28-48(5,6)30-66-46(62)50(64)18-13-23-59(54-50)45(61)37(27-40-52-38(33)29-67-40)53-44(60)42(31(2)3)56(8)47(63)58-22-12-17-49(58)19-24-55(7)25-20-49/h11,14-16,21,26,29,31-32,37,42,54,64H,10,12-13,17-20,22-25,27-28,30H2,1-9H3,(H,53,60)/t32-,37-,42-,50-/m0/s1. The molecular formula is C50H69N9O7S. The van der Waals surface area contributed by atoms with Crippen molar-refractivity contribution in [2.24, 2.45) is 11.3 Å². The molecule has 0 aliphatic carbocycles. The number of aryl methyl sites for hydroxylation is 1. The van der Waals surface area contributed by atoms with Crippen LogP contribution in [-0.4, -0.2) is 141 Å². The number of cyclic esters (lactones) is 1. The number of thiazole rings is 1. The van der Waals surface area contributed by atoms with E-state index in [1.54, 1.807) is 25.3 Å². The first kappa shape index (κ1) is 48.5. The van der Waals surface area contributed by atoms with Crippen LogP contribution in [0, 0.1) is 11.3 Å². The van der Waals surface area contributed by atoms with Crippen LogP contribution in [-0.2, 0) is 43.2 Å². The van der Waals surface area contributed by atoms with Crippen molar-refractivity contribution < 1.29 is 33.8 Å². The monoisotopic (exact) mass is 940 g/mol. The van der Waals surface area contributed by atoms with E-state index in [1.165, 1.54) is 16.3 Å². The molecule has 1 spiro atoms. The Morgan fingerprint density at radius 2 is 1.82 bits per heavy atom. The maximum Gasteiger partial charge on any atom is 0.355 e. The summed E-state index contributed by atoms with van der Waals surface area (Å²) in [6.07, 6.45) is 5.96. The van der Waals surface area contributed by atoms with Crippen LogP contribution < -0.4 is 10.7 Å². The number of ether oxygens (including phenoxy) is 2. The van der Waals surface area contributed by atoms with Gasteiger partial charge in [0, 0.05) is 104 Å². The summed E-state index contributed by atoms with van der Waals surface area (Å²) >= 11 is 1.39. The Kier molecular flexibility index (Phi) is 13.9. The number of aliphatic hydroxyl groups is 1. The molecule has 3 N–H and O–H groups in total. The van der Waals surface area contributed by atoms with Gasteiger partial charge in [-0.25, -0.2) is 14.6 Å². The van der Waals surface area contributed by atoms with Crippen LogP contribution in [0.2, 0.25) is 0 Å². The number of amides is 4. The van der Waals surface area contributed by atoms with E-state index in [0.717, 1.165) is 83.4 Å². The number of piperidine rings is 1. The number of likely N-dealkylation sites (N-methyl/N-ethyl adjacent to an activating group) is 1. The molecule has 4 aromatic rings. The van der Waals surface area contributed by atoms with Crippen molar-refractivity contribution in [1.82, 2.24) is 45.0 Å². The summed E-state index contributed by atoms with van der Waals surface area (Å²) in [4.78, 5) is 73.6. The molecule has 3 saturated heterocycles. The number of fused-ring (bicyclic) bond motifs is 6. The summed E-state index contributed by atoms with van der Waals surface area (Å²) in [5, 5.41) is 19.8. The lowest BCUT2D eigenvalue weighted by atomic mass is 9.84. The van der Waals surface area contributed by atoms with Crippen molar-refractivity contribution in [3.8, 4) is 22.5 Å². The van der Waals surface area contributed by atoms with Crippen LogP contribution in [0.4, 0.5) is 4.79 Å². The van der Waals surface area contributed by atoms with Gasteiger partial charge in [-0.2, -0.15) is 5.43 Å². The van der Waals surface area contributed by atoms with E-state index in [9.17, 15) is 24.3 Å². The summed E-state index contributed by atoms with van der Waals surface area (Å²) < 4.78 is 14.1. The molecule has 0 radical (unpaired) electrons. The first-order valence-electron chi connectivity index (χ1n) is 24.0. The smallest absolute Gasteiger partial charge is 0.355 e. The highest BCUT2D eigenvalue weighted by Gasteiger charge is 2.49. The Balaban J connectivity index is 1.17. The SMILES string of the molecule is CCn1c(-c2cccnc2[C@H](C)OC)c2c3cc(ccc31)-c1csc(n1)C[C@H](NC(=O)[C@H](C(C)C)N(C)C(=O)N1CCCC13CCN(C)CC3)C(=O)N1CCC[C@@](O)(N1)C(=O)OCC(C)(C)C2. The third-order valence-electron chi connectivity index (χ3n) is 14.6. The minimum absolute atomic E-state index is 0.0118. The topological polar surface area (TPSA) is 175 Å². The lowest BCUT2D eigenvalue weighted by Crippen LogP contribution is -2.67. The fourth-order valence-electron chi connectivity index (χ4n) is 10.9. The summed E-state index contributed by atoms with van der Waals surface area (Å²) in [6.45, 7) is 15.2. The molecule has 4 aliphatic rings. The molecule has 0 unspecified atom stereocenters. The first-order valence-corrected chi connectivity index (χ1v) is 24.9. The Morgan fingerprint density at radius 3 is 2.54 bits per heavy atom. The van der Waals surface area contributed by atoms with Crippen molar-refractivity contribution in [2.75, 3.05) is 54.0 Å². The van der Waals surface area contributed by atoms with Crippen molar-refractivity contribution >= 4 is 46.1 Å². The van der Waals surface area contributed by atoms with Gasteiger partial charge in [-0.15, -0.1) is 11.3 Å². The number of nitrogens with zero attached hydrogens (tertiary/aromatic N) is 7. The molecule has 4 aliphatic heterocycles. The maximum atomic E-state index is 14.8. The number of hydrogen-bond donors (Lipinski definition) is 3. The number of hydrazine groups is 1. The lowest BCUT2D eigenvalue weighted by molar-refractivity contribution is -0.189. The number of benzene rings is 1. The number of methoxy groups -OCH3 is 1. The minimum atomic E-state index is -2.20. The van der Waals surface area contributed by atoms with Gasteiger partial charge in [0.2, 0.25) is 11.6 Å². The molecule has 0 saturated carbocycles. The molecule has 7 heterocycles. The molecule has 3 fully saturated rings. The van der Waals surface area contributed by atoms with E-state index < -0.39 is 41.0 Å². The van der Waals surface area contributed by atoms with Crippen molar-refractivity contribution in [3.63, 3.8) is 0 Å². The second kappa shape index (κ2) is 19.2. The van der Waals surface area contributed by atoms with Gasteiger partial charge < -0.3 is 39.2 Å². The van der Waals surface area contributed by atoms with E-state index >= 15 is 0 Å². The Bertz CT molecular complexity index is 2490. The maximum absolute atomic E-state index is 14.8. The number of rotatable bonds is 8. The fraction of sp³-hybridized carbons (Fsp3) is 0.600. The fourth-order valence-corrected chi connectivity index (χ4v) is 11.7. The summed E-state index contributed by atoms with van der Waals surface area (Å²) in [6, 6.07) is 8.10. The Hall–Kier alpha value is -4.94. The molecule has 4 atom stereocenters. The number of hydrogen-bond acceptors (Lipinski definition) is 12. The van der Waals surface area contributed by atoms with Gasteiger partial charge >= 0.3 is 12.0 Å². The summed E-state index contributed by atoms with van der Waals surface area (Å²) in [5.41, 5.74) is 6.21. The van der Waals surface area contributed by atoms with E-state index in [4.69, 9.17) is 19.4 Å². The summed E-state index contributed by atoms with van der Waals surface area (Å²) in [7, 11) is 5.46. The molecule has 8 rings (SSSR count). The van der Waals surface area contributed by atoms with Gasteiger partial charge in [-0.05, 0) is 95.2 Å². The van der Waals surface area contributed by atoms with Crippen LogP contribution in [0.3, 0.4) is 0 Å². The van der Waals surface area contributed by atoms with E-state index in [0.29, 0.717) is 30.9 Å². The number of urea groups is 1. The number of esters is 1. The lowest BCUT2D eigenvalue weighted by Gasteiger charge is -2.46. The third kappa shape index (κ3) is 9.46. The molecule has 16 nitrogen and oxygen atoms in total. The van der Waals surface area contributed by atoms with E-state index in [2.05, 4.69) is 58.4 Å². The van der Waals surface area contributed by atoms with Crippen LogP contribution in [0.1, 0.15) is 102 Å². The zero-order valence-corrected chi connectivity index (χ0v) is 41.5. The van der Waals surface area contributed by atoms with Gasteiger partial charge in [0.1, 0.15) is 12.1 Å². The van der Waals surface area contributed by atoms with Crippen molar-refractivity contribution in [1.29, 1.82) is 0 Å². The van der Waals surface area contributed by atoms with Gasteiger partial charge in [-0.1, -0.05) is 33.8 Å². The first-order chi connectivity index (χ1) is 31.9. The molecule has 362 valence electrons. The molecule has 3 aromatic heterocycles. The van der Waals surface area contributed by atoms with Gasteiger partial charge in [0.05, 0.1) is 34.8 Å². The number of pyridine rings is 1. The highest BCUT2D eigenvalue weighted by Crippen LogP contribution is 2.43. The van der Waals surface area contributed by atoms with Crippen LogP contribution >= 0.6 is 11.3 Å². The number of carbonyl (C=O) groups excluding carboxylic acids is 4. The number of likely N-dealkylation sites (tertiary alicyclic amines) is 2. The van der Waals surface area contributed by atoms with Crippen molar-refractivity contribution in [3.05, 3.63) is 58.2 Å². The molecule has 17 heteroatoms. The Morgan fingerprint density at radius 1 is 1.07 bits per heavy atom. The van der Waals surface area contributed by atoms with E-state index in [-0.39, 0.29) is 49.6 Å². The third-order valence-corrected chi connectivity index (χ3v) is 15.5. The number of nitrogens with one attached hydrogen (secondary N) is 2. The average molecular weight is 940 g/mol. The van der Waals surface area contributed by atoms with Crippen LogP contribution in [0.5, 0.6) is 0 Å². The highest BCUT2D eigenvalue weighted by atomic mass is 32.1. The molecule has 6 bridgehead atoms. The number of aromatic nitrogens is 3. The number of carbonyl (C=O) groups is 4. The normalized spacial score (nSPS) is 23.3. The molecular weight excluding hydrogens is 871 g/mol. The van der Waals surface area contributed by atoms with E-state index in [1.807, 2.05) is 51.0 Å². The van der Waals surface area contributed by atoms with Crippen LogP contribution in [0.15, 0.2) is 41.9 Å². The van der Waals surface area contributed by atoms with Gasteiger partial charge in [0.15, 0.2) is 0 Å². The molecule has 1 aromatic carbocycles. The average Bonchev–Trinajstić information content (AvgIpc) is 4.03. The van der Waals surface area contributed by atoms with Gasteiger partial charge in [0.25, 0.3) is 5.91 Å². The zero-order valence-electron chi connectivity index (χ0n) is 40.7. The predicted molar refractivity (Wildman–Crippen MR) is 258 cm³/mol. The molecule has 4 amide bonds. The Labute approximate surface area is 398 Å². The van der Waals surface area contributed by atoms with Crippen molar-refractivity contribution in [2.45, 2.75) is 129 Å². The highest BCUT2D eigenvalue weighted by molar-refractivity contribution is 7.10. The second-order valence-corrected chi connectivity index (χ2v) is 21.3. The predicted octanol–water partition coefficient (Wildman–Crippen LogP) is 6.16. The van der Waals surface area contributed by atoms with Crippen LogP contribution in [0.25, 0.3) is 33.4 Å². The minimum Gasteiger partial charge on any atom is -0.462 e.